The molecular weight excluding hydrogens is 392 g/mol. The number of hydrogen-bond donors (Lipinski definition) is 0. The van der Waals surface area contributed by atoms with Gasteiger partial charge in [-0.25, -0.2) is 14.8 Å². The number of carbonyl (C=O) groups is 2. The molecule has 0 atom stereocenters. The van der Waals surface area contributed by atoms with Crippen molar-refractivity contribution in [1.29, 1.82) is 0 Å². The van der Waals surface area contributed by atoms with Gasteiger partial charge in [0.1, 0.15) is 5.69 Å². The number of rotatable bonds is 4. The number of hydrogen-bond acceptors (Lipinski definition) is 6. The van der Waals surface area contributed by atoms with Crippen LogP contribution in [0.1, 0.15) is 30.1 Å². The van der Waals surface area contributed by atoms with Crippen molar-refractivity contribution in [2.45, 2.75) is 25.8 Å². The maximum Gasteiger partial charge on any atom is 0.337 e. The first-order valence-corrected chi connectivity index (χ1v) is 10.4. The van der Waals surface area contributed by atoms with Crippen molar-refractivity contribution in [2.24, 2.45) is 0 Å². The van der Waals surface area contributed by atoms with Gasteiger partial charge in [-0.3, -0.25) is 4.79 Å². The standard InChI is InChI=1S/C24H26N4O3/c1-16(29)27(2)19-11-13-28(14-12-19)23-22(17-7-5-4-6-8-17)25-20-10-9-18(24(30)31-3)15-21(20)26-23/h4-10,15,19H,11-14H2,1-3H3. The molecule has 2 heterocycles. The Kier molecular flexibility index (Phi) is 5.84. The van der Waals surface area contributed by atoms with E-state index in [4.69, 9.17) is 14.7 Å². The van der Waals surface area contributed by atoms with Crippen molar-refractivity contribution in [3.05, 3.63) is 54.1 Å². The zero-order valence-electron chi connectivity index (χ0n) is 18.0. The van der Waals surface area contributed by atoms with E-state index in [1.165, 1.54) is 7.11 Å². The number of esters is 1. The van der Waals surface area contributed by atoms with Crippen molar-refractivity contribution in [3.63, 3.8) is 0 Å². The van der Waals surface area contributed by atoms with Gasteiger partial charge in [0.2, 0.25) is 5.91 Å². The van der Waals surface area contributed by atoms with Crippen LogP contribution in [0.2, 0.25) is 0 Å². The van der Waals surface area contributed by atoms with Gasteiger partial charge in [0, 0.05) is 38.7 Å². The van der Waals surface area contributed by atoms with Crippen LogP contribution in [0.4, 0.5) is 5.82 Å². The second kappa shape index (κ2) is 8.71. The summed E-state index contributed by atoms with van der Waals surface area (Å²) >= 11 is 0. The smallest absolute Gasteiger partial charge is 0.337 e. The lowest BCUT2D eigenvalue weighted by molar-refractivity contribution is -0.129. The molecule has 0 aliphatic carbocycles. The molecule has 0 N–H and O–H groups in total. The largest absolute Gasteiger partial charge is 0.465 e. The summed E-state index contributed by atoms with van der Waals surface area (Å²) in [6.45, 7) is 3.16. The quantitative estimate of drug-likeness (QED) is 0.604. The van der Waals surface area contributed by atoms with Crippen LogP contribution < -0.4 is 4.90 Å². The third-order valence-corrected chi connectivity index (χ3v) is 5.92. The van der Waals surface area contributed by atoms with E-state index in [2.05, 4.69) is 4.90 Å². The molecule has 7 nitrogen and oxygen atoms in total. The van der Waals surface area contributed by atoms with Crippen molar-refractivity contribution in [3.8, 4) is 11.3 Å². The number of amides is 1. The Hall–Kier alpha value is -3.48. The molecule has 0 spiro atoms. The predicted octanol–water partition coefficient (Wildman–Crippen LogP) is 3.53. The van der Waals surface area contributed by atoms with Crippen LogP contribution in [-0.4, -0.2) is 60.0 Å². The van der Waals surface area contributed by atoms with Gasteiger partial charge in [-0.2, -0.15) is 0 Å². The number of nitrogens with zero attached hydrogens (tertiary/aromatic N) is 4. The van der Waals surface area contributed by atoms with Gasteiger partial charge in [-0.05, 0) is 31.0 Å². The summed E-state index contributed by atoms with van der Waals surface area (Å²) in [6, 6.07) is 15.5. The molecule has 4 rings (SSSR count). The number of carbonyl (C=O) groups excluding carboxylic acids is 2. The molecule has 1 amide bonds. The first kappa shape index (κ1) is 20.8. The summed E-state index contributed by atoms with van der Waals surface area (Å²) in [4.78, 5) is 37.6. The summed E-state index contributed by atoms with van der Waals surface area (Å²) in [5.74, 6) is 0.486. The molecule has 1 aliphatic rings. The Labute approximate surface area is 181 Å². The summed E-state index contributed by atoms with van der Waals surface area (Å²) in [7, 11) is 3.23. The Bertz CT molecular complexity index is 1110. The Balaban J connectivity index is 1.74. The maximum absolute atomic E-state index is 12.0. The Morgan fingerprint density at radius 3 is 2.39 bits per heavy atom. The highest BCUT2D eigenvalue weighted by molar-refractivity contribution is 5.94. The van der Waals surface area contributed by atoms with Crippen LogP contribution in [0, 0.1) is 0 Å². The van der Waals surface area contributed by atoms with Crippen LogP contribution in [0.25, 0.3) is 22.3 Å². The van der Waals surface area contributed by atoms with Gasteiger partial charge in [0.25, 0.3) is 0 Å². The van der Waals surface area contributed by atoms with Gasteiger partial charge in [0.05, 0.1) is 23.7 Å². The molecular formula is C24H26N4O3. The lowest BCUT2D eigenvalue weighted by Crippen LogP contribution is -2.45. The van der Waals surface area contributed by atoms with Crippen molar-refractivity contribution < 1.29 is 14.3 Å². The monoisotopic (exact) mass is 418 g/mol. The van der Waals surface area contributed by atoms with Crippen molar-refractivity contribution in [1.82, 2.24) is 14.9 Å². The topological polar surface area (TPSA) is 75.6 Å². The van der Waals surface area contributed by atoms with Gasteiger partial charge < -0.3 is 14.5 Å². The van der Waals surface area contributed by atoms with Crippen LogP contribution in [0.5, 0.6) is 0 Å². The third kappa shape index (κ3) is 4.21. The molecule has 0 bridgehead atoms. The fraction of sp³-hybridized carbons (Fsp3) is 0.333. The summed E-state index contributed by atoms with van der Waals surface area (Å²) in [5, 5.41) is 0. The minimum atomic E-state index is -0.398. The zero-order chi connectivity index (χ0) is 22.0. The SMILES string of the molecule is COC(=O)c1ccc2nc(-c3ccccc3)c(N3CCC(N(C)C(C)=O)CC3)nc2c1. The van der Waals surface area contributed by atoms with Gasteiger partial charge in [-0.1, -0.05) is 30.3 Å². The summed E-state index contributed by atoms with van der Waals surface area (Å²) in [6.07, 6.45) is 1.73. The fourth-order valence-electron chi connectivity index (χ4n) is 4.02. The molecule has 0 saturated carbocycles. The van der Waals surface area contributed by atoms with Crippen LogP contribution >= 0.6 is 0 Å². The van der Waals surface area contributed by atoms with E-state index in [0.717, 1.165) is 48.5 Å². The van der Waals surface area contributed by atoms with E-state index in [0.29, 0.717) is 11.1 Å². The lowest BCUT2D eigenvalue weighted by atomic mass is 10.0. The summed E-state index contributed by atoms with van der Waals surface area (Å²) < 4.78 is 4.85. The second-order valence-electron chi connectivity index (χ2n) is 7.81. The highest BCUT2D eigenvalue weighted by Crippen LogP contribution is 2.32. The number of piperidine rings is 1. The van der Waals surface area contributed by atoms with Crippen molar-refractivity contribution in [2.75, 3.05) is 32.1 Å². The van der Waals surface area contributed by atoms with Crippen LogP contribution in [0.3, 0.4) is 0 Å². The second-order valence-corrected chi connectivity index (χ2v) is 7.81. The van der Waals surface area contributed by atoms with E-state index in [1.54, 1.807) is 25.1 Å². The van der Waals surface area contributed by atoms with Gasteiger partial charge in [0.15, 0.2) is 5.82 Å². The first-order valence-electron chi connectivity index (χ1n) is 10.4. The predicted molar refractivity (Wildman–Crippen MR) is 120 cm³/mol. The molecule has 160 valence electrons. The zero-order valence-corrected chi connectivity index (χ0v) is 18.0. The maximum atomic E-state index is 12.0. The van der Waals surface area contributed by atoms with E-state index < -0.39 is 5.97 Å². The highest BCUT2D eigenvalue weighted by atomic mass is 16.5. The molecule has 2 aromatic carbocycles. The van der Waals surface area contributed by atoms with E-state index >= 15 is 0 Å². The van der Waals surface area contributed by atoms with E-state index in [1.807, 2.05) is 42.3 Å². The average molecular weight is 418 g/mol. The third-order valence-electron chi connectivity index (χ3n) is 5.92. The Morgan fingerprint density at radius 1 is 1.03 bits per heavy atom. The molecule has 1 saturated heterocycles. The average Bonchev–Trinajstić information content (AvgIpc) is 2.82. The number of fused-ring (bicyclic) bond motifs is 1. The Morgan fingerprint density at radius 2 is 1.74 bits per heavy atom. The number of aromatic nitrogens is 2. The molecule has 1 fully saturated rings. The normalized spacial score (nSPS) is 14.5. The summed E-state index contributed by atoms with van der Waals surface area (Å²) in [5.41, 5.74) is 3.63. The number of anilines is 1. The molecule has 7 heteroatoms. The van der Waals surface area contributed by atoms with E-state index in [-0.39, 0.29) is 11.9 Å². The number of ether oxygens (including phenoxy) is 1. The van der Waals surface area contributed by atoms with Gasteiger partial charge in [-0.15, -0.1) is 0 Å². The van der Waals surface area contributed by atoms with E-state index in [9.17, 15) is 9.59 Å². The minimum absolute atomic E-state index is 0.0873. The van der Waals surface area contributed by atoms with Gasteiger partial charge >= 0.3 is 5.97 Å². The molecule has 1 aromatic heterocycles. The lowest BCUT2D eigenvalue weighted by Gasteiger charge is -2.37. The number of methoxy groups -OCH3 is 1. The molecule has 31 heavy (non-hydrogen) atoms. The molecule has 1 aliphatic heterocycles. The molecule has 0 unspecified atom stereocenters. The van der Waals surface area contributed by atoms with Crippen LogP contribution in [0.15, 0.2) is 48.5 Å². The molecule has 3 aromatic rings. The first-order chi connectivity index (χ1) is 15.0. The van der Waals surface area contributed by atoms with Crippen LogP contribution in [-0.2, 0) is 9.53 Å². The minimum Gasteiger partial charge on any atom is -0.465 e. The fourth-order valence-corrected chi connectivity index (χ4v) is 4.02. The molecule has 0 radical (unpaired) electrons. The number of benzene rings is 2. The van der Waals surface area contributed by atoms with Crippen molar-refractivity contribution >= 4 is 28.7 Å². The highest BCUT2D eigenvalue weighted by Gasteiger charge is 2.27.